The molecule has 0 fully saturated rings. The highest BCUT2D eigenvalue weighted by molar-refractivity contribution is 5.94. The van der Waals surface area contributed by atoms with Crippen LogP contribution in [0.15, 0.2) is 60.9 Å². The largest absolute Gasteiger partial charge is 0.508 e. The number of H-pyrrole nitrogens is 1. The Labute approximate surface area is 132 Å². The van der Waals surface area contributed by atoms with E-state index in [1.165, 1.54) is 6.33 Å². The maximum absolute atomic E-state index is 9.70. The van der Waals surface area contributed by atoms with Gasteiger partial charge in [-0.2, -0.15) is 0 Å². The van der Waals surface area contributed by atoms with Crippen LogP contribution in [0.25, 0.3) is 33.5 Å². The van der Waals surface area contributed by atoms with Crippen molar-refractivity contribution in [1.82, 2.24) is 15.0 Å². The molecule has 23 heavy (non-hydrogen) atoms. The summed E-state index contributed by atoms with van der Waals surface area (Å²) in [4.78, 5) is 12.0. The van der Waals surface area contributed by atoms with Gasteiger partial charge in [-0.3, -0.25) is 0 Å². The Hall–Kier alpha value is -3.34. The van der Waals surface area contributed by atoms with Crippen LogP contribution in [-0.2, 0) is 0 Å². The van der Waals surface area contributed by atoms with Crippen LogP contribution in [0, 0.1) is 0 Å². The lowest BCUT2D eigenvalue weighted by atomic mass is 10.1. The first-order valence-electron chi connectivity index (χ1n) is 7.20. The molecule has 0 spiro atoms. The van der Waals surface area contributed by atoms with Crippen molar-refractivity contribution < 1.29 is 5.11 Å². The fourth-order valence-corrected chi connectivity index (χ4v) is 2.68. The van der Waals surface area contributed by atoms with E-state index >= 15 is 0 Å². The van der Waals surface area contributed by atoms with E-state index in [2.05, 4.69) is 15.0 Å². The standard InChI is InChI=1S/C18H14N4O/c19-13-5-1-3-11(7-13)16-9-15-17(20-10-21-18(15)22-16)12-4-2-6-14(23)8-12/h1-10,23H,19H2,(H,20,21,22). The van der Waals surface area contributed by atoms with E-state index in [4.69, 9.17) is 5.73 Å². The number of phenols is 1. The van der Waals surface area contributed by atoms with Crippen LogP contribution in [0.5, 0.6) is 5.75 Å². The van der Waals surface area contributed by atoms with E-state index in [-0.39, 0.29) is 5.75 Å². The van der Waals surface area contributed by atoms with E-state index < -0.39 is 0 Å². The third-order valence-electron chi connectivity index (χ3n) is 3.74. The molecular weight excluding hydrogens is 288 g/mol. The molecule has 0 amide bonds. The Morgan fingerprint density at radius 2 is 1.74 bits per heavy atom. The van der Waals surface area contributed by atoms with Gasteiger partial charge in [-0.15, -0.1) is 0 Å². The molecule has 5 heteroatoms. The molecule has 2 aromatic carbocycles. The second kappa shape index (κ2) is 5.14. The summed E-state index contributed by atoms with van der Waals surface area (Å²) >= 11 is 0. The summed E-state index contributed by atoms with van der Waals surface area (Å²) in [6.45, 7) is 0. The molecule has 0 aliphatic carbocycles. The monoisotopic (exact) mass is 302 g/mol. The molecule has 0 saturated heterocycles. The fraction of sp³-hybridized carbons (Fsp3) is 0. The number of hydrogen-bond acceptors (Lipinski definition) is 4. The Balaban J connectivity index is 1.91. The Bertz CT molecular complexity index is 1010. The number of anilines is 1. The number of fused-ring (bicyclic) bond motifs is 1. The first-order valence-corrected chi connectivity index (χ1v) is 7.20. The highest BCUT2D eigenvalue weighted by Crippen LogP contribution is 2.31. The number of benzene rings is 2. The molecular formula is C18H14N4O. The third-order valence-corrected chi connectivity index (χ3v) is 3.74. The predicted octanol–water partition coefficient (Wildman–Crippen LogP) is 3.58. The zero-order chi connectivity index (χ0) is 15.8. The molecule has 5 nitrogen and oxygen atoms in total. The van der Waals surface area contributed by atoms with Gasteiger partial charge in [0.2, 0.25) is 0 Å². The van der Waals surface area contributed by atoms with Crippen LogP contribution < -0.4 is 5.73 Å². The van der Waals surface area contributed by atoms with Crippen molar-refractivity contribution in [3.05, 3.63) is 60.9 Å². The number of aromatic hydroxyl groups is 1. The lowest BCUT2D eigenvalue weighted by Crippen LogP contribution is -1.86. The van der Waals surface area contributed by atoms with Gasteiger partial charge in [0.1, 0.15) is 17.7 Å². The first kappa shape index (κ1) is 13.3. The summed E-state index contributed by atoms with van der Waals surface area (Å²) < 4.78 is 0. The van der Waals surface area contributed by atoms with Gasteiger partial charge in [-0.05, 0) is 30.3 Å². The molecule has 4 aromatic rings. The van der Waals surface area contributed by atoms with Gasteiger partial charge in [-0.1, -0.05) is 24.3 Å². The summed E-state index contributed by atoms with van der Waals surface area (Å²) in [6, 6.07) is 16.7. The number of nitrogens with one attached hydrogen (secondary N) is 1. The summed E-state index contributed by atoms with van der Waals surface area (Å²) in [6.07, 6.45) is 1.52. The van der Waals surface area contributed by atoms with Crippen LogP contribution in [0.2, 0.25) is 0 Å². The zero-order valence-electron chi connectivity index (χ0n) is 12.2. The summed E-state index contributed by atoms with van der Waals surface area (Å²) in [7, 11) is 0. The van der Waals surface area contributed by atoms with Crippen LogP contribution in [0.3, 0.4) is 0 Å². The molecule has 0 unspecified atom stereocenters. The van der Waals surface area contributed by atoms with E-state index in [9.17, 15) is 5.11 Å². The minimum absolute atomic E-state index is 0.209. The van der Waals surface area contributed by atoms with Gasteiger partial charge in [0.05, 0.1) is 5.69 Å². The van der Waals surface area contributed by atoms with E-state index in [1.54, 1.807) is 18.2 Å². The minimum atomic E-state index is 0.209. The van der Waals surface area contributed by atoms with Crippen LogP contribution in [0.4, 0.5) is 5.69 Å². The Morgan fingerprint density at radius 3 is 2.57 bits per heavy atom. The summed E-state index contributed by atoms with van der Waals surface area (Å²) in [5, 5.41) is 10.6. The highest BCUT2D eigenvalue weighted by Gasteiger charge is 2.11. The molecule has 2 heterocycles. The fourth-order valence-electron chi connectivity index (χ4n) is 2.68. The number of phenolic OH excluding ortho intramolecular Hbond substituents is 1. The van der Waals surface area contributed by atoms with Crippen LogP contribution >= 0.6 is 0 Å². The van der Waals surface area contributed by atoms with E-state index in [0.717, 1.165) is 33.5 Å². The van der Waals surface area contributed by atoms with Gasteiger partial charge < -0.3 is 15.8 Å². The van der Waals surface area contributed by atoms with Gasteiger partial charge in [0.25, 0.3) is 0 Å². The Morgan fingerprint density at radius 1 is 0.913 bits per heavy atom. The normalized spacial score (nSPS) is 11.0. The molecule has 4 N–H and O–H groups in total. The molecule has 0 bridgehead atoms. The number of aromatic amines is 1. The Kier molecular flexibility index (Phi) is 2.98. The second-order valence-electron chi connectivity index (χ2n) is 5.34. The summed E-state index contributed by atoms with van der Waals surface area (Å²) in [5.41, 5.74) is 10.8. The highest BCUT2D eigenvalue weighted by atomic mass is 16.3. The van der Waals surface area contributed by atoms with Gasteiger partial charge in [0.15, 0.2) is 0 Å². The zero-order valence-corrected chi connectivity index (χ0v) is 12.2. The predicted molar refractivity (Wildman–Crippen MR) is 90.8 cm³/mol. The van der Waals surface area contributed by atoms with Gasteiger partial charge in [0, 0.05) is 27.9 Å². The number of nitrogens with zero attached hydrogens (tertiary/aromatic N) is 2. The first-order chi connectivity index (χ1) is 11.2. The average Bonchev–Trinajstić information content (AvgIpc) is 2.99. The molecule has 0 radical (unpaired) electrons. The maximum Gasteiger partial charge on any atom is 0.141 e. The molecule has 0 saturated carbocycles. The molecule has 4 rings (SSSR count). The topological polar surface area (TPSA) is 87.8 Å². The maximum atomic E-state index is 9.70. The molecule has 0 atom stereocenters. The van der Waals surface area contributed by atoms with Crippen molar-refractivity contribution in [2.24, 2.45) is 0 Å². The van der Waals surface area contributed by atoms with Crippen molar-refractivity contribution in [3.8, 4) is 28.3 Å². The van der Waals surface area contributed by atoms with Crippen molar-refractivity contribution in [2.75, 3.05) is 5.73 Å². The minimum Gasteiger partial charge on any atom is -0.508 e. The molecule has 112 valence electrons. The number of nitrogen functional groups attached to an aromatic ring is 1. The molecule has 0 aliphatic heterocycles. The van der Waals surface area contributed by atoms with Crippen molar-refractivity contribution >= 4 is 16.7 Å². The smallest absolute Gasteiger partial charge is 0.141 e. The summed E-state index contributed by atoms with van der Waals surface area (Å²) in [5.74, 6) is 0.209. The quantitative estimate of drug-likeness (QED) is 0.494. The second-order valence-corrected chi connectivity index (χ2v) is 5.34. The third kappa shape index (κ3) is 2.38. The van der Waals surface area contributed by atoms with E-state index in [1.807, 2.05) is 36.4 Å². The SMILES string of the molecule is Nc1cccc(-c2cc3c(-c4cccc(O)c4)ncnc3[nH]2)c1. The average molecular weight is 302 g/mol. The van der Waals surface area contributed by atoms with Crippen molar-refractivity contribution in [2.45, 2.75) is 0 Å². The number of nitrogens with two attached hydrogens (primary N) is 1. The van der Waals surface area contributed by atoms with Crippen molar-refractivity contribution in [1.29, 1.82) is 0 Å². The van der Waals surface area contributed by atoms with Crippen LogP contribution in [0.1, 0.15) is 0 Å². The number of aromatic nitrogens is 3. The number of hydrogen-bond donors (Lipinski definition) is 3. The van der Waals surface area contributed by atoms with Crippen molar-refractivity contribution in [3.63, 3.8) is 0 Å². The van der Waals surface area contributed by atoms with Crippen LogP contribution in [-0.4, -0.2) is 20.1 Å². The molecule has 2 aromatic heterocycles. The lowest BCUT2D eigenvalue weighted by Gasteiger charge is -2.02. The van der Waals surface area contributed by atoms with Gasteiger partial charge >= 0.3 is 0 Å². The molecule has 0 aliphatic rings. The lowest BCUT2D eigenvalue weighted by molar-refractivity contribution is 0.475. The van der Waals surface area contributed by atoms with Gasteiger partial charge in [-0.25, -0.2) is 9.97 Å². The number of rotatable bonds is 2. The van der Waals surface area contributed by atoms with E-state index in [0.29, 0.717) is 5.69 Å².